The number of rotatable bonds is 28. The van der Waals surface area contributed by atoms with E-state index < -0.39 is 279 Å². The maximum atomic E-state index is 15.9. The van der Waals surface area contributed by atoms with Gasteiger partial charge in [0.15, 0.2) is 0 Å². The molecule has 4 aliphatic rings. The van der Waals surface area contributed by atoms with Crippen molar-refractivity contribution in [1.29, 1.82) is 0 Å². The van der Waals surface area contributed by atoms with Crippen LogP contribution in [0.15, 0.2) is 102 Å². The van der Waals surface area contributed by atoms with Crippen LogP contribution in [-0.2, 0) is 122 Å². The van der Waals surface area contributed by atoms with E-state index in [9.17, 15) is 88.2 Å². The summed E-state index contributed by atoms with van der Waals surface area (Å²) in [4.78, 5) is 300. The summed E-state index contributed by atoms with van der Waals surface area (Å²) in [5.41, 5.74) is 14.1. The second-order valence-electron chi connectivity index (χ2n) is 34.8. The van der Waals surface area contributed by atoms with E-state index in [1.54, 1.807) is 68.6 Å². The maximum absolute atomic E-state index is 15.9. The summed E-state index contributed by atoms with van der Waals surface area (Å²) in [5.74, 6) is -24.5. The number of aliphatic carboxylic acids is 4. The Morgan fingerprint density at radius 2 is 1.10 bits per heavy atom. The van der Waals surface area contributed by atoms with Crippen LogP contribution in [0.2, 0.25) is 0 Å². The first-order chi connectivity index (χ1) is 66.1. The standard InChI is InChI=1S/C92H122N20O26S/c1-7-9-19-69-85(131)103-63(39-76(119)120)84(130)106-67(80(126)97-43-73(94)115)47-139-48-74(116)98-64(34-50-23-25-54(113)26-24-50)88(134)107(4)49(3)79(125)104-66(40-77(121)122)91(137)111-33-15-22-70(111)86(132)101-61(35-51-30-32-95-41-51)82(128)100-60(27-28-75(117)118)90(136)112-45-55(114)38-72(112)87(133)102-62(36-52-42-96-58-18-13-11-16-56(52)58)83(129)99-59(29-31-93)81(127)105-65(89(135)109(6)71(20-10-8-2)92(138)108(69)5)37-53-44-110(46-78(123)124)68-21-14-12-17-57(53)68/h11-14,16-18,21,23-26,32,41-42,44,49,55,59-67,69-72,96,113-114H,7-10,15,19-20,22,27-31,33-40,43,45-48,93H2,1-6H3,(H2,94,115)(H,97,126)(H,98,116)(H,99,129)(H,100,128)(H,101,132)(H,102,133)(H,103,131)(H,104,125)(H,105,127)(H,106,130)(H,117,118)(H,119,120)(H,121,122)(H,123,124)/t49-,55+,59-,60-,61-,62-,63-,64-,65-,66-,67-,69-,70?,71-,72-/m0/s1. The minimum atomic E-state index is -2.07. The number of hydrogen-bond acceptors (Lipinski definition) is 25. The van der Waals surface area contributed by atoms with Crippen LogP contribution in [0, 0.1) is 0 Å². The number of carbonyl (C=O) groups excluding carboxylic acids is 16. The number of nitrogens with one attached hydrogen (secondary N) is 11. The zero-order valence-corrected chi connectivity index (χ0v) is 78.6. The van der Waals surface area contributed by atoms with Crippen molar-refractivity contribution < 1.29 is 127 Å². The molecule has 46 nitrogen and oxygen atoms in total. The molecule has 21 N–H and O–H groups in total. The topological polar surface area (TPSA) is 684 Å². The molecule has 0 aliphatic carbocycles. The third-order valence-electron chi connectivity index (χ3n) is 24.6. The maximum Gasteiger partial charge on any atom is 0.323 e. The van der Waals surface area contributed by atoms with Gasteiger partial charge in [-0.3, -0.25) is 101 Å². The quantitative estimate of drug-likeness (QED) is 0.0244. The molecule has 0 spiro atoms. The summed E-state index contributed by atoms with van der Waals surface area (Å²) in [5, 5.41) is 88.8. The second-order valence-corrected chi connectivity index (χ2v) is 35.8. The number of primary amides is 1. The average molecular weight is 1960 g/mol. The third-order valence-corrected chi connectivity index (χ3v) is 25.6. The number of H-pyrrole nitrogens is 1. The van der Waals surface area contributed by atoms with Crippen LogP contribution in [0.3, 0.4) is 0 Å². The van der Waals surface area contributed by atoms with Crippen molar-refractivity contribution in [3.63, 3.8) is 0 Å². The van der Waals surface area contributed by atoms with Gasteiger partial charge in [-0.25, -0.2) is 0 Å². The lowest BCUT2D eigenvalue weighted by molar-refractivity contribution is -0.149. The monoisotopic (exact) mass is 1950 g/mol. The lowest BCUT2D eigenvalue weighted by Gasteiger charge is -2.36. The number of aromatic hydroxyl groups is 1. The zero-order chi connectivity index (χ0) is 102. The number of benzene rings is 3. The van der Waals surface area contributed by atoms with Crippen molar-refractivity contribution in [2.45, 2.75) is 240 Å². The molecule has 6 heterocycles. The van der Waals surface area contributed by atoms with E-state index in [0.717, 1.165) is 31.5 Å². The smallest absolute Gasteiger partial charge is 0.323 e. The van der Waals surface area contributed by atoms with Gasteiger partial charge in [0.2, 0.25) is 94.5 Å². The molecule has 752 valence electrons. The van der Waals surface area contributed by atoms with Gasteiger partial charge in [-0.1, -0.05) is 88.1 Å². The number of nitrogens with zero attached hydrogens (tertiary/aromatic N) is 7. The number of hydrogen-bond donors (Lipinski definition) is 19. The van der Waals surface area contributed by atoms with E-state index >= 15 is 38.4 Å². The molecule has 3 saturated heterocycles. The molecule has 16 amide bonds. The molecular weight excluding hydrogens is 1830 g/mol. The van der Waals surface area contributed by atoms with Gasteiger partial charge in [-0.15, -0.1) is 11.8 Å². The zero-order valence-electron chi connectivity index (χ0n) is 77.8. The van der Waals surface area contributed by atoms with Crippen LogP contribution in [0.1, 0.15) is 140 Å². The van der Waals surface area contributed by atoms with Crippen LogP contribution in [0.25, 0.3) is 21.8 Å². The number of fused-ring (bicyclic) bond motifs is 4. The average Bonchev–Trinajstić information content (AvgIpc) is 1.66. The molecule has 2 aromatic heterocycles. The lowest BCUT2D eigenvalue weighted by atomic mass is 9.99. The predicted octanol–water partition coefficient (Wildman–Crippen LogP) is -2.60. The second kappa shape index (κ2) is 51.2. The molecule has 1 unspecified atom stereocenters. The molecule has 3 fully saturated rings. The number of amides is 16. The number of unbranched alkanes of at least 4 members (excludes halogenated alkanes) is 2. The van der Waals surface area contributed by atoms with Crippen molar-refractivity contribution in [3.05, 3.63) is 114 Å². The van der Waals surface area contributed by atoms with Crippen molar-refractivity contribution in [1.82, 2.24) is 87.2 Å². The first kappa shape index (κ1) is 108. The minimum absolute atomic E-state index is 0.0931. The summed E-state index contributed by atoms with van der Waals surface area (Å²) in [7, 11) is 3.62. The van der Waals surface area contributed by atoms with Gasteiger partial charge in [0.05, 0.1) is 31.2 Å². The number of para-hydroxylation sites is 2. The molecular formula is C92H122N20O26S. The Morgan fingerprint density at radius 3 is 1.74 bits per heavy atom. The molecule has 0 bridgehead atoms. The van der Waals surface area contributed by atoms with Crippen LogP contribution in [0.5, 0.6) is 5.75 Å². The number of aliphatic imine (C=N–C) groups is 1. The van der Waals surface area contributed by atoms with Gasteiger partial charge in [0.25, 0.3) is 0 Å². The highest BCUT2D eigenvalue weighted by Crippen LogP contribution is 2.29. The van der Waals surface area contributed by atoms with Gasteiger partial charge in [0, 0.05) is 125 Å². The van der Waals surface area contributed by atoms with Gasteiger partial charge in [-0.05, 0) is 105 Å². The highest BCUT2D eigenvalue weighted by atomic mass is 32.2. The number of aromatic nitrogens is 2. The first-order valence-electron chi connectivity index (χ1n) is 45.7. The summed E-state index contributed by atoms with van der Waals surface area (Å²) in [6, 6.07) is -5.36. The van der Waals surface area contributed by atoms with Crippen molar-refractivity contribution in [2.75, 3.05) is 58.8 Å². The van der Waals surface area contributed by atoms with E-state index in [4.69, 9.17) is 11.5 Å². The third kappa shape index (κ3) is 30.1. The van der Waals surface area contributed by atoms with Gasteiger partial charge in [-0.2, -0.15) is 0 Å². The minimum Gasteiger partial charge on any atom is -0.508 e. The number of aliphatic hydroxyl groups is 1. The Morgan fingerprint density at radius 1 is 0.540 bits per heavy atom. The summed E-state index contributed by atoms with van der Waals surface area (Å²) in [6.07, 6.45) is -0.705. The van der Waals surface area contributed by atoms with Gasteiger partial charge >= 0.3 is 23.9 Å². The van der Waals surface area contributed by atoms with E-state index in [-0.39, 0.29) is 89.5 Å². The molecule has 139 heavy (non-hydrogen) atoms. The first-order valence-corrected chi connectivity index (χ1v) is 46.9. The summed E-state index contributed by atoms with van der Waals surface area (Å²) >= 11 is 0.647. The number of carboxylic acid groups (broad SMARTS) is 4. The Kier molecular flexibility index (Phi) is 39.8. The lowest BCUT2D eigenvalue weighted by Crippen LogP contribution is -2.61. The molecule has 3 aromatic carbocycles. The number of carboxylic acids is 4. The normalized spacial score (nSPS) is 24.7. The Labute approximate surface area is 802 Å². The number of phenolic OH excluding ortho intramolecular Hbond substituents is 1. The highest BCUT2D eigenvalue weighted by molar-refractivity contribution is 8.00. The van der Waals surface area contributed by atoms with Gasteiger partial charge < -0.3 is 129 Å². The Hall–Kier alpha value is -14.4. The number of aliphatic hydroxyl groups excluding tert-OH is 1. The van der Waals surface area contributed by atoms with Crippen molar-refractivity contribution in [3.8, 4) is 5.75 Å². The number of nitrogens with two attached hydrogens (primary N) is 2. The SMILES string of the molecule is CCCC[C@H]1C(=O)N(C)[C@@H](CCCC)C(=O)N[C@@H](CC(=O)O)C(=O)N[C@H](C(=O)NCC(N)=O)CSCC(=O)N[C@@H](Cc2ccc(O)cc2)C(=O)N(C)[C@@H](C)C(=O)N[C@@H](CC(=O)O)C(=O)N2CCCC2C(=O)N[C@@H](CC2=CN=CC2)C(=O)N[C@@H](CCC(=O)O)C(=O)N2C[C@H](O)C[C@H]2C(=O)N[C@@H](Cc2c[nH]c3ccccc23)C(=O)N[C@@H](CCN)C(=O)N[C@@H](Cc2cn(CC(=O)O)c3ccccc23)C(=O)N1C. The number of aromatic amines is 1. The predicted molar refractivity (Wildman–Crippen MR) is 500 cm³/mol. The fourth-order valence-corrected chi connectivity index (χ4v) is 17.9. The van der Waals surface area contributed by atoms with Crippen LogP contribution < -0.4 is 64.6 Å². The molecule has 0 radical (unpaired) electrons. The van der Waals surface area contributed by atoms with E-state index in [1.807, 2.05) is 0 Å². The van der Waals surface area contributed by atoms with E-state index in [0.29, 0.717) is 68.7 Å². The van der Waals surface area contributed by atoms with Crippen LogP contribution >= 0.6 is 11.8 Å². The summed E-state index contributed by atoms with van der Waals surface area (Å²) in [6.45, 7) is 2.15. The largest absolute Gasteiger partial charge is 0.508 e. The molecule has 47 heteroatoms. The molecule has 0 saturated carbocycles. The van der Waals surface area contributed by atoms with Crippen molar-refractivity contribution in [2.24, 2.45) is 16.5 Å². The van der Waals surface area contributed by atoms with Crippen molar-refractivity contribution >= 4 is 158 Å². The number of carbonyl (C=O) groups is 20. The Balaban J connectivity index is 1.12. The van der Waals surface area contributed by atoms with Crippen LogP contribution in [0.4, 0.5) is 0 Å². The molecule has 4 aliphatic heterocycles. The number of phenols is 1. The van der Waals surface area contributed by atoms with Gasteiger partial charge in [0.1, 0.15) is 96.9 Å². The fraction of sp³-hybridized carbons (Fsp3) is 0.511. The number of likely N-dealkylation sites (N-methyl/N-ethyl adjacent to an activating group) is 3. The molecule has 9 rings (SSSR count). The van der Waals surface area contributed by atoms with E-state index in [2.05, 4.69) is 63.1 Å². The number of thioether (sulfide) groups is 1. The molecule has 5 aromatic rings. The Bertz CT molecular complexity index is 5450. The summed E-state index contributed by atoms with van der Waals surface area (Å²) < 4.78 is 1.39. The highest BCUT2D eigenvalue weighted by Gasteiger charge is 2.47. The molecule has 15 atom stereocenters. The van der Waals surface area contributed by atoms with E-state index in [1.165, 1.54) is 68.5 Å². The fourth-order valence-electron chi connectivity index (χ4n) is 17.0. The van der Waals surface area contributed by atoms with Crippen LogP contribution in [-0.4, -0.2) is 339 Å².